The Labute approximate surface area is 206 Å². The third kappa shape index (κ3) is 9380. The van der Waals surface area contributed by atoms with Crippen molar-refractivity contribution in [2.75, 3.05) is 0 Å². The number of halogens is 6. The molecule has 0 aliphatic heterocycles. The summed E-state index contributed by atoms with van der Waals surface area (Å²) in [7, 11) is -29.7. The summed E-state index contributed by atoms with van der Waals surface area (Å²) in [5, 5.41) is 0. The van der Waals surface area contributed by atoms with Crippen molar-refractivity contribution in [1.82, 2.24) is 0 Å². The largest absolute Gasteiger partial charge is 3.00 e. The standard InChI is InChI=1S/6ClHO4.2Co/c6*2-1(3,4)5;;/h6*(H,2,3,4,5);;/q;;;;;;2*+3/p-6. The average molecular weight is 715 g/mol. The number of hydrogen-bond donors (Lipinski definition) is 0. The molecule has 0 heterocycles. The Bertz CT molecular complexity index is 219. The predicted octanol–water partition coefficient (Wildman–Crippen LogP) is -28.5. The fourth-order valence-corrected chi connectivity index (χ4v) is 0. The average Bonchev–Trinajstić information content (AvgIpc) is 1.94. The van der Waals surface area contributed by atoms with E-state index in [4.69, 9.17) is 112 Å². The van der Waals surface area contributed by atoms with E-state index in [-0.39, 0.29) is 33.6 Å². The minimum atomic E-state index is -4.94. The maximum Gasteiger partial charge on any atom is 3.00 e. The molecule has 0 rings (SSSR count). The second kappa shape index (κ2) is 23.2. The molecule has 32 heteroatoms. The Morgan fingerprint density at radius 2 is 0.156 bits per heavy atom. The molecule has 204 valence electrons. The van der Waals surface area contributed by atoms with E-state index in [1.54, 1.807) is 0 Å². The van der Waals surface area contributed by atoms with Crippen LogP contribution in [0.15, 0.2) is 0 Å². The van der Waals surface area contributed by atoms with E-state index in [9.17, 15) is 0 Å². The summed E-state index contributed by atoms with van der Waals surface area (Å²) in [5.41, 5.74) is 0. The molecule has 0 aliphatic rings. The minimum Gasteiger partial charge on any atom is -0.222 e. The molecule has 32 heavy (non-hydrogen) atoms. The topological polar surface area (TPSA) is 553 Å². The van der Waals surface area contributed by atoms with Crippen molar-refractivity contribution in [1.29, 1.82) is 0 Å². The van der Waals surface area contributed by atoms with Gasteiger partial charge >= 0.3 is 33.6 Å². The molecule has 0 N–H and O–H groups in total. The first-order valence-corrected chi connectivity index (χ1v) is 11.1. The van der Waals surface area contributed by atoms with Gasteiger partial charge in [-0.25, -0.2) is 112 Å². The van der Waals surface area contributed by atoms with Gasteiger partial charge in [0.25, 0.3) is 0 Å². The van der Waals surface area contributed by atoms with E-state index in [0.717, 1.165) is 0 Å². The Morgan fingerprint density at radius 1 is 0.156 bits per heavy atom. The van der Waals surface area contributed by atoms with Crippen molar-refractivity contribution in [2.45, 2.75) is 0 Å². The molecule has 24 nitrogen and oxygen atoms in total. The van der Waals surface area contributed by atoms with E-state index in [1.807, 2.05) is 0 Å². The summed E-state index contributed by atoms with van der Waals surface area (Å²) >= 11 is 0. The van der Waals surface area contributed by atoms with Gasteiger partial charge in [-0.3, -0.25) is 0 Å². The van der Waals surface area contributed by atoms with E-state index >= 15 is 0 Å². The molecule has 0 unspecified atom stereocenters. The van der Waals surface area contributed by atoms with Crippen LogP contribution in [0.2, 0.25) is 0 Å². The quantitative estimate of drug-likeness (QED) is 0.225. The first-order valence-electron chi connectivity index (χ1n) is 3.70. The molecule has 0 bridgehead atoms. The summed E-state index contributed by atoms with van der Waals surface area (Å²) in [6.07, 6.45) is 0. The van der Waals surface area contributed by atoms with Gasteiger partial charge in [0, 0.05) is 0 Å². The smallest absolute Gasteiger partial charge is 0.222 e. The molecular formula is Cl6Co2O24. The van der Waals surface area contributed by atoms with Crippen LogP contribution in [0.4, 0.5) is 0 Å². The Kier molecular flexibility index (Phi) is 39.6. The van der Waals surface area contributed by atoms with Crippen molar-refractivity contribution in [3.63, 3.8) is 0 Å². The molecule has 0 atom stereocenters. The maximum atomic E-state index is 8.49. The van der Waals surface area contributed by atoms with Crippen LogP contribution in [0.3, 0.4) is 0 Å². The molecule has 0 fully saturated rings. The maximum absolute atomic E-state index is 8.49. The molecule has 0 saturated carbocycles. The Morgan fingerprint density at radius 3 is 0.156 bits per heavy atom. The van der Waals surface area contributed by atoms with E-state index in [2.05, 4.69) is 0 Å². The van der Waals surface area contributed by atoms with E-state index < -0.39 is 61.5 Å². The zero-order chi connectivity index (χ0) is 27.0. The third-order valence-electron chi connectivity index (χ3n) is 0. The van der Waals surface area contributed by atoms with Gasteiger partial charge in [-0.15, -0.1) is 61.5 Å². The van der Waals surface area contributed by atoms with Crippen LogP contribution >= 0.6 is 0 Å². The molecule has 0 aromatic carbocycles. The van der Waals surface area contributed by atoms with Gasteiger partial charge in [0.05, 0.1) is 0 Å². The monoisotopic (exact) mass is 712 g/mol. The number of rotatable bonds is 0. The molecule has 0 saturated heterocycles. The van der Waals surface area contributed by atoms with Gasteiger partial charge in [-0.2, -0.15) is 0 Å². The summed E-state index contributed by atoms with van der Waals surface area (Å²) in [6, 6.07) is 0. The van der Waals surface area contributed by atoms with Gasteiger partial charge in [0.2, 0.25) is 0 Å². The Balaban J connectivity index is -0.0000000356. The van der Waals surface area contributed by atoms with Crippen LogP contribution in [0.25, 0.3) is 0 Å². The molecule has 0 aromatic rings. The van der Waals surface area contributed by atoms with Crippen LogP contribution in [0, 0.1) is 61.5 Å². The second-order valence-electron chi connectivity index (χ2n) is 2.27. The zero-order valence-electron chi connectivity index (χ0n) is 12.7. The van der Waals surface area contributed by atoms with Gasteiger partial charge < -0.3 is 0 Å². The van der Waals surface area contributed by atoms with Crippen LogP contribution in [0.5, 0.6) is 0 Å². The van der Waals surface area contributed by atoms with E-state index in [1.165, 1.54) is 0 Å². The van der Waals surface area contributed by atoms with Crippen molar-refractivity contribution in [3.8, 4) is 0 Å². The Hall–Kier alpha value is 1.79. The summed E-state index contributed by atoms with van der Waals surface area (Å²) in [5.74, 6) is 0. The number of hydrogen-bond acceptors (Lipinski definition) is 24. The SMILES string of the molecule is [Co+3].[Co+3].[O-][Cl+3]([O-])([O-])[O-].[O-][Cl+3]([O-])([O-])[O-].[O-][Cl+3]([O-])([O-])[O-].[O-][Cl+3]([O-])([O-])[O-].[O-][Cl+3]([O-])([O-])[O-].[O-][Cl+3]([O-])([O-])[O-]. The molecule has 0 aromatic heterocycles. The zero-order valence-corrected chi connectivity index (χ0v) is 19.4. The minimum absolute atomic E-state index is 0. The van der Waals surface area contributed by atoms with Gasteiger partial charge in [-0.1, -0.05) is 0 Å². The van der Waals surface area contributed by atoms with Crippen LogP contribution < -0.4 is 112 Å². The van der Waals surface area contributed by atoms with Gasteiger partial charge in [0.15, 0.2) is 0 Å². The summed E-state index contributed by atoms with van der Waals surface area (Å²) in [4.78, 5) is 0. The fourth-order valence-electron chi connectivity index (χ4n) is 0. The first-order chi connectivity index (χ1) is 12.0. The van der Waals surface area contributed by atoms with Crippen molar-refractivity contribution in [2.24, 2.45) is 0 Å². The predicted molar refractivity (Wildman–Crippen MR) is 0 cm³/mol. The van der Waals surface area contributed by atoms with Gasteiger partial charge in [-0.05, 0) is 0 Å². The molecule has 0 aliphatic carbocycles. The summed E-state index contributed by atoms with van der Waals surface area (Å²) < 4.78 is 204. The molecular weight excluding hydrogens is 715 g/mol. The van der Waals surface area contributed by atoms with Crippen LogP contribution in [0.1, 0.15) is 0 Å². The van der Waals surface area contributed by atoms with Crippen LogP contribution in [-0.4, -0.2) is 0 Å². The second-order valence-corrected chi connectivity index (χ2v) is 6.80. The van der Waals surface area contributed by atoms with Crippen LogP contribution in [-0.2, 0) is 33.6 Å². The van der Waals surface area contributed by atoms with Crippen molar-refractivity contribution in [3.05, 3.63) is 0 Å². The van der Waals surface area contributed by atoms with Gasteiger partial charge in [0.1, 0.15) is 0 Å². The van der Waals surface area contributed by atoms with Crippen molar-refractivity contribution < 1.29 is 207 Å². The molecule has 0 spiro atoms. The summed E-state index contributed by atoms with van der Waals surface area (Å²) in [6.45, 7) is 0. The molecule has 0 amide bonds. The fraction of sp³-hybridized carbons (Fsp3) is 0. The first kappa shape index (κ1) is 54.6. The van der Waals surface area contributed by atoms with E-state index in [0.29, 0.717) is 0 Å². The molecule has 0 radical (unpaired) electrons. The third-order valence-corrected chi connectivity index (χ3v) is 0. The normalized spacial score (nSPS) is 11.2. The van der Waals surface area contributed by atoms with Crippen molar-refractivity contribution >= 4 is 0 Å².